The predicted octanol–water partition coefficient (Wildman–Crippen LogP) is -1.47. The Balaban J connectivity index is 0. The second kappa shape index (κ2) is 6.94. The Labute approximate surface area is 60.9 Å². The summed E-state index contributed by atoms with van der Waals surface area (Å²) in [4.78, 5) is 0. The Bertz CT molecular complexity index is 139. The first-order chi connectivity index (χ1) is 4.47. The molecule has 3 N–H and O–H groups in total. The van der Waals surface area contributed by atoms with Crippen molar-refractivity contribution in [3.63, 3.8) is 0 Å². The molecule has 0 aromatic rings. The van der Waals surface area contributed by atoms with Gasteiger partial charge >= 0.3 is 0 Å². The van der Waals surface area contributed by atoms with E-state index in [1.54, 1.807) is 0 Å². The molecule has 0 unspecified atom stereocenters. The maximum Gasteiger partial charge on any atom is 0.264 e. The van der Waals surface area contributed by atoms with E-state index in [4.69, 9.17) is 10.8 Å². The average Bonchev–Trinajstić information content (AvgIpc) is 1.87. The zero-order chi connectivity index (χ0) is 8.62. The van der Waals surface area contributed by atoms with Crippen LogP contribution in [0.3, 0.4) is 0 Å². The molecule has 6 heteroatoms. The second-order valence-electron chi connectivity index (χ2n) is 1.38. The lowest BCUT2D eigenvalue weighted by atomic mass is 10.8. The summed E-state index contributed by atoms with van der Waals surface area (Å²) >= 11 is 0. The van der Waals surface area contributed by atoms with E-state index in [0.29, 0.717) is 6.54 Å². The quantitative estimate of drug-likeness (QED) is 0.495. The summed E-state index contributed by atoms with van der Waals surface area (Å²) in [5.41, 5.74) is 4.78. The fourth-order valence-corrected chi connectivity index (χ4v) is 0. The monoisotopic (exact) mass is 171 g/mol. The Kier molecular flexibility index (Phi) is 8.68. The van der Waals surface area contributed by atoms with Crippen molar-refractivity contribution in [2.75, 3.05) is 26.5 Å². The van der Waals surface area contributed by atoms with Gasteiger partial charge in [0.05, 0.1) is 20.0 Å². The van der Waals surface area contributed by atoms with Crippen LogP contribution in [-0.2, 0) is 14.3 Å². The summed E-state index contributed by atoms with van der Waals surface area (Å²) in [5.74, 6) is 0. The molecule has 0 aliphatic heterocycles. The van der Waals surface area contributed by atoms with Crippen LogP contribution in [0.15, 0.2) is 0 Å². The van der Waals surface area contributed by atoms with Gasteiger partial charge in [-0.25, -0.2) is 0 Å². The molecule has 0 saturated carbocycles. The van der Waals surface area contributed by atoms with E-state index in [2.05, 4.69) is 4.18 Å². The van der Waals surface area contributed by atoms with E-state index in [0.717, 1.165) is 13.4 Å². The summed E-state index contributed by atoms with van der Waals surface area (Å²) in [6.45, 7) is 0.472. The minimum absolute atomic E-state index is 0.0972. The first-order valence-corrected chi connectivity index (χ1v) is 4.36. The molecule has 0 aliphatic rings. The molecule has 0 saturated heterocycles. The number of hydrogen-bond donors (Lipinski definition) is 2. The van der Waals surface area contributed by atoms with Crippen LogP contribution in [0, 0.1) is 0 Å². The maximum absolute atomic E-state index is 9.78. The minimum Gasteiger partial charge on any atom is -0.395 e. The number of nitrogens with two attached hydrogens (primary N) is 1. The number of hydrogen-bond acceptors (Lipinski definition) is 5. The van der Waals surface area contributed by atoms with Crippen molar-refractivity contribution in [1.29, 1.82) is 0 Å². The van der Waals surface area contributed by atoms with Gasteiger partial charge < -0.3 is 10.8 Å². The number of rotatable bonds is 2. The van der Waals surface area contributed by atoms with Crippen LogP contribution < -0.4 is 5.73 Å². The SMILES string of the molecule is COS(C)(=O)=O.NCCO. The van der Waals surface area contributed by atoms with Crippen LogP contribution in [-0.4, -0.2) is 40.0 Å². The van der Waals surface area contributed by atoms with Gasteiger partial charge in [-0.1, -0.05) is 0 Å². The van der Waals surface area contributed by atoms with Crippen molar-refractivity contribution < 1.29 is 17.7 Å². The fourth-order valence-electron chi connectivity index (χ4n) is 0. The molecule has 64 valence electrons. The normalized spacial score (nSPS) is 10.0. The summed E-state index contributed by atoms with van der Waals surface area (Å²) in [6, 6.07) is 0. The maximum atomic E-state index is 9.78. The topological polar surface area (TPSA) is 89.6 Å². The Hall–Kier alpha value is -0.170. The molecular weight excluding hydrogens is 158 g/mol. The Morgan fingerprint density at radius 3 is 1.80 bits per heavy atom. The number of aliphatic hydroxyl groups excluding tert-OH is 1. The smallest absolute Gasteiger partial charge is 0.264 e. The van der Waals surface area contributed by atoms with Crippen molar-refractivity contribution in [3.8, 4) is 0 Å². The van der Waals surface area contributed by atoms with Gasteiger partial charge in [-0.3, -0.25) is 4.18 Å². The largest absolute Gasteiger partial charge is 0.395 e. The highest BCUT2D eigenvalue weighted by atomic mass is 32.2. The molecule has 0 aliphatic carbocycles. The van der Waals surface area contributed by atoms with Crippen LogP contribution in [0.2, 0.25) is 0 Å². The molecule has 0 bridgehead atoms. The van der Waals surface area contributed by atoms with E-state index < -0.39 is 10.1 Å². The van der Waals surface area contributed by atoms with Crippen LogP contribution in [0.1, 0.15) is 0 Å². The summed E-state index contributed by atoms with van der Waals surface area (Å²) in [7, 11) is -2.04. The van der Waals surface area contributed by atoms with Crippen LogP contribution in [0.25, 0.3) is 0 Å². The van der Waals surface area contributed by atoms with E-state index in [-0.39, 0.29) is 6.61 Å². The van der Waals surface area contributed by atoms with E-state index in [9.17, 15) is 8.42 Å². The van der Waals surface area contributed by atoms with Gasteiger partial charge in [-0.05, 0) is 0 Å². The third-order valence-corrected chi connectivity index (χ3v) is 1.04. The lowest BCUT2D eigenvalue weighted by molar-refractivity contribution is 0.306. The molecule has 0 spiro atoms. The summed E-state index contributed by atoms with van der Waals surface area (Å²) in [5, 5.41) is 7.75. The molecular formula is C4H13NO4S. The fraction of sp³-hybridized carbons (Fsp3) is 1.00. The zero-order valence-corrected chi connectivity index (χ0v) is 6.89. The van der Waals surface area contributed by atoms with Gasteiger partial charge in [0.25, 0.3) is 10.1 Å². The third-order valence-electron chi connectivity index (χ3n) is 0.432. The van der Waals surface area contributed by atoms with Crippen molar-refractivity contribution >= 4 is 10.1 Å². The predicted molar refractivity (Wildman–Crippen MR) is 38.0 cm³/mol. The highest BCUT2D eigenvalue weighted by Gasteiger charge is 1.90. The zero-order valence-electron chi connectivity index (χ0n) is 6.07. The highest BCUT2D eigenvalue weighted by molar-refractivity contribution is 7.85. The molecule has 0 aromatic carbocycles. The van der Waals surface area contributed by atoms with Crippen molar-refractivity contribution in [2.45, 2.75) is 0 Å². The van der Waals surface area contributed by atoms with Gasteiger partial charge in [0.15, 0.2) is 0 Å². The molecule has 0 heterocycles. The number of aliphatic hydroxyl groups is 1. The third kappa shape index (κ3) is 24.9. The van der Waals surface area contributed by atoms with Crippen molar-refractivity contribution in [3.05, 3.63) is 0 Å². The van der Waals surface area contributed by atoms with Gasteiger partial charge in [0.2, 0.25) is 0 Å². The first-order valence-electron chi connectivity index (χ1n) is 2.54. The molecule has 5 nitrogen and oxygen atoms in total. The second-order valence-corrected chi connectivity index (χ2v) is 3.12. The lowest BCUT2D eigenvalue weighted by Crippen LogP contribution is -2.02. The highest BCUT2D eigenvalue weighted by Crippen LogP contribution is 1.75. The molecule has 0 atom stereocenters. The van der Waals surface area contributed by atoms with E-state index in [1.807, 2.05) is 0 Å². The first kappa shape index (κ1) is 12.5. The summed E-state index contributed by atoms with van der Waals surface area (Å²) < 4.78 is 23.5. The average molecular weight is 171 g/mol. The Morgan fingerprint density at radius 1 is 1.60 bits per heavy atom. The van der Waals surface area contributed by atoms with Crippen LogP contribution in [0.4, 0.5) is 0 Å². The molecule has 0 radical (unpaired) electrons. The lowest BCUT2D eigenvalue weighted by Gasteiger charge is -1.84. The van der Waals surface area contributed by atoms with Crippen molar-refractivity contribution in [2.24, 2.45) is 5.73 Å². The standard InChI is InChI=1S/C2H7NO.C2H6O3S/c3-1-2-4;1-5-6(2,3)4/h4H,1-3H2;1-2H3. The van der Waals surface area contributed by atoms with Gasteiger partial charge in [0.1, 0.15) is 0 Å². The molecule has 10 heavy (non-hydrogen) atoms. The van der Waals surface area contributed by atoms with E-state index in [1.165, 1.54) is 0 Å². The molecule has 0 fully saturated rings. The van der Waals surface area contributed by atoms with Gasteiger partial charge in [-0.2, -0.15) is 8.42 Å². The van der Waals surface area contributed by atoms with Gasteiger partial charge in [0, 0.05) is 6.54 Å². The molecule has 0 amide bonds. The van der Waals surface area contributed by atoms with Crippen LogP contribution >= 0.6 is 0 Å². The van der Waals surface area contributed by atoms with E-state index >= 15 is 0 Å². The minimum atomic E-state index is -3.16. The Morgan fingerprint density at radius 2 is 1.80 bits per heavy atom. The molecule has 0 aromatic heterocycles. The summed E-state index contributed by atoms with van der Waals surface area (Å²) in [6.07, 6.45) is 0.993. The van der Waals surface area contributed by atoms with Gasteiger partial charge in [-0.15, -0.1) is 0 Å². The van der Waals surface area contributed by atoms with Crippen molar-refractivity contribution in [1.82, 2.24) is 0 Å². The molecule has 0 rings (SSSR count). The van der Waals surface area contributed by atoms with Crippen LogP contribution in [0.5, 0.6) is 0 Å².